The highest BCUT2D eigenvalue weighted by atomic mass is 16.4. The highest BCUT2D eigenvalue weighted by molar-refractivity contribution is 5.88. The molecule has 0 saturated heterocycles. The molecule has 0 fully saturated rings. The summed E-state index contributed by atoms with van der Waals surface area (Å²) in [5, 5.41) is 23.7. The van der Waals surface area contributed by atoms with Gasteiger partial charge in [-0.05, 0) is 24.3 Å². The topological polar surface area (TPSA) is 104 Å². The first kappa shape index (κ1) is 14.8. The van der Waals surface area contributed by atoms with Crippen LogP contribution in [0.5, 0.6) is 0 Å². The smallest absolute Gasteiger partial charge is 0.335 e. The second-order valence-corrected chi connectivity index (χ2v) is 4.99. The van der Waals surface area contributed by atoms with Gasteiger partial charge in [-0.1, -0.05) is 6.07 Å². The van der Waals surface area contributed by atoms with Crippen LogP contribution in [0.25, 0.3) is 5.70 Å². The number of aliphatic imine (C=N–C) groups is 1. The van der Waals surface area contributed by atoms with Crippen LogP contribution in [0.2, 0.25) is 0 Å². The average Bonchev–Trinajstić information content (AvgIpc) is 2.95. The fourth-order valence-corrected chi connectivity index (χ4v) is 2.22. The van der Waals surface area contributed by atoms with Crippen molar-refractivity contribution in [3.63, 3.8) is 0 Å². The van der Waals surface area contributed by atoms with Crippen molar-refractivity contribution in [2.45, 2.75) is 6.54 Å². The summed E-state index contributed by atoms with van der Waals surface area (Å²) in [6.07, 6.45) is 3.58. The monoisotopic (exact) mass is 312 g/mol. The fourth-order valence-electron chi connectivity index (χ4n) is 2.22. The Balaban J connectivity index is 1.73. The lowest BCUT2D eigenvalue weighted by Crippen LogP contribution is -2.19. The molecule has 0 aliphatic carbocycles. The first-order valence-electron chi connectivity index (χ1n) is 7.05. The summed E-state index contributed by atoms with van der Waals surface area (Å²) in [6, 6.07) is 6.65. The fraction of sp³-hybridized carbons (Fsp3) is 0.200. The molecule has 1 aromatic carbocycles. The van der Waals surface area contributed by atoms with Crippen LogP contribution in [0.4, 0.5) is 5.69 Å². The van der Waals surface area contributed by atoms with Gasteiger partial charge in [-0.25, -0.2) is 4.79 Å². The van der Waals surface area contributed by atoms with E-state index in [2.05, 4.69) is 25.8 Å². The minimum absolute atomic E-state index is 0.240. The largest absolute Gasteiger partial charge is 0.478 e. The summed E-state index contributed by atoms with van der Waals surface area (Å²) < 4.78 is 1.88. The maximum atomic E-state index is 11.0. The Labute approximate surface area is 132 Å². The summed E-state index contributed by atoms with van der Waals surface area (Å²) in [5.74, 6) is 0.518. The van der Waals surface area contributed by atoms with E-state index in [9.17, 15) is 4.79 Å². The van der Waals surface area contributed by atoms with Gasteiger partial charge in [0.25, 0.3) is 0 Å². The standard InChI is InChI=1S/C15H16N6O2/c1-21-13(19-20-14(21)12-5-6-16-9-18-12)8-17-11-4-2-3-10(7-11)15(22)23/h2-7,17-18H,8-9H2,1H3,(H,22,23). The van der Waals surface area contributed by atoms with Gasteiger partial charge in [0.2, 0.25) is 0 Å². The van der Waals surface area contributed by atoms with Gasteiger partial charge < -0.3 is 20.3 Å². The summed E-state index contributed by atoms with van der Waals surface area (Å²) in [7, 11) is 1.88. The van der Waals surface area contributed by atoms with Gasteiger partial charge in [0.05, 0.1) is 17.8 Å². The number of aromatic nitrogens is 3. The molecule has 8 nitrogen and oxygen atoms in total. The van der Waals surface area contributed by atoms with Crippen molar-refractivity contribution in [3.05, 3.63) is 47.6 Å². The number of benzene rings is 1. The van der Waals surface area contributed by atoms with Crippen LogP contribution in [0, 0.1) is 0 Å². The van der Waals surface area contributed by atoms with E-state index < -0.39 is 5.97 Å². The van der Waals surface area contributed by atoms with Gasteiger partial charge in [0.15, 0.2) is 11.6 Å². The zero-order valence-electron chi connectivity index (χ0n) is 12.5. The molecular formula is C15H16N6O2. The molecule has 2 aromatic rings. The number of anilines is 1. The van der Waals surface area contributed by atoms with Crippen molar-refractivity contribution in [2.24, 2.45) is 12.0 Å². The predicted octanol–water partition coefficient (Wildman–Crippen LogP) is 1.10. The van der Waals surface area contributed by atoms with E-state index in [0.29, 0.717) is 13.2 Å². The molecule has 0 saturated carbocycles. The van der Waals surface area contributed by atoms with E-state index in [-0.39, 0.29) is 5.56 Å². The van der Waals surface area contributed by atoms with Crippen LogP contribution >= 0.6 is 0 Å². The molecule has 3 rings (SSSR count). The lowest BCUT2D eigenvalue weighted by Gasteiger charge is -2.11. The summed E-state index contributed by atoms with van der Waals surface area (Å²) >= 11 is 0. The quantitative estimate of drug-likeness (QED) is 0.763. The number of hydrogen-bond donors (Lipinski definition) is 3. The number of carbonyl (C=O) groups is 1. The van der Waals surface area contributed by atoms with E-state index in [4.69, 9.17) is 5.11 Å². The van der Waals surface area contributed by atoms with Crippen molar-refractivity contribution in [2.75, 3.05) is 12.0 Å². The Morgan fingerprint density at radius 1 is 1.43 bits per heavy atom. The van der Waals surface area contributed by atoms with Gasteiger partial charge in [0, 0.05) is 18.9 Å². The average molecular weight is 312 g/mol. The maximum Gasteiger partial charge on any atom is 0.335 e. The van der Waals surface area contributed by atoms with E-state index in [0.717, 1.165) is 23.0 Å². The Morgan fingerprint density at radius 3 is 3.04 bits per heavy atom. The minimum atomic E-state index is -0.952. The second kappa shape index (κ2) is 6.30. The summed E-state index contributed by atoms with van der Waals surface area (Å²) in [5.41, 5.74) is 1.83. The molecule has 1 aliphatic rings. The number of carboxylic acid groups (broad SMARTS) is 1. The summed E-state index contributed by atoms with van der Waals surface area (Å²) in [6.45, 7) is 0.961. The molecule has 23 heavy (non-hydrogen) atoms. The van der Waals surface area contributed by atoms with E-state index >= 15 is 0 Å². The van der Waals surface area contributed by atoms with Crippen molar-refractivity contribution in [1.29, 1.82) is 0 Å². The number of allylic oxidation sites excluding steroid dienone is 1. The van der Waals surface area contributed by atoms with Gasteiger partial charge in [0.1, 0.15) is 6.67 Å². The molecule has 118 valence electrons. The zero-order chi connectivity index (χ0) is 16.2. The van der Waals surface area contributed by atoms with E-state index in [1.165, 1.54) is 0 Å². The van der Waals surface area contributed by atoms with Crippen molar-refractivity contribution < 1.29 is 9.90 Å². The van der Waals surface area contributed by atoms with Crippen molar-refractivity contribution in [1.82, 2.24) is 20.1 Å². The first-order valence-corrected chi connectivity index (χ1v) is 7.05. The SMILES string of the molecule is Cn1c(CNc2cccc(C(=O)O)c2)nnc1C1=CC=NCN1. The molecule has 8 heteroatoms. The van der Waals surface area contributed by atoms with Crippen molar-refractivity contribution in [3.8, 4) is 0 Å². The molecule has 0 atom stereocenters. The molecule has 0 spiro atoms. The molecular weight excluding hydrogens is 296 g/mol. The van der Waals surface area contributed by atoms with Crippen LogP contribution in [0.3, 0.4) is 0 Å². The van der Waals surface area contributed by atoms with Gasteiger partial charge in [-0.15, -0.1) is 10.2 Å². The van der Waals surface area contributed by atoms with Crippen LogP contribution in [-0.4, -0.2) is 38.7 Å². The highest BCUT2D eigenvalue weighted by Gasteiger charge is 2.13. The third kappa shape index (κ3) is 3.20. The molecule has 0 radical (unpaired) electrons. The Morgan fingerprint density at radius 2 is 2.30 bits per heavy atom. The maximum absolute atomic E-state index is 11.0. The number of rotatable bonds is 5. The third-order valence-electron chi connectivity index (χ3n) is 3.47. The number of nitrogens with zero attached hydrogens (tertiary/aromatic N) is 4. The number of carboxylic acids is 1. The molecule has 1 aromatic heterocycles. The Hall–Kier alpha value is -3.16. The highest BCUT2D eigenvalue weighted by Crippen LogP contribution is 2.14. The van der Waals surface area contributed by atoms with Crippen LogP contribution in [-0.2, 0) is 13.6 Å². The van der Waals surface area contributed by atoms with Crippen molar-refractivity contribution >= 4 is 23.6 Å². The Bertz CT molecular complexity index is 793. The van der Waals surface area contributed by atoms with Gasteiger partial charge in [-0.2, -0.15) is 0 Å². The first-order chi connectivity index (χ1) is 11.1. The Kier molecular flexibility index (Phi) is 4.05. The molecule has 3 N–H and O–H groups in total. The molecule has 1 aliphatic heterocycles. The van der Waals surface area contributed by atoms with Crippen LogP contribution < -0.4 is 10.6 Å². The van der Waals surface area contributed by atoms with Gasteiger partial charge in [-0.3, -0.25) is 4.99 Å². The van der Waals surface area contributed by atoms with Crippen LogP contribution in [0.15, 0.2) is 35.3 Å². The normalized spacial score (nSPS) is 13.3. The number of aromatic carboxylic acids is 1. The summed E-state index contributed by atoms with van der Waals surface area (Å²) in [4.78, 5) is 15.0. The minimum Gasteiger partial charge on any atom is -0.478 e. The molecule has 2 heterocycles. The van der Waals surface area contributed by atoms with E-state index in [1.54, 1.807) is 24.4 Å². The van der Waals surface area contributed by atoms with Gasteiger partial charge >= 0.3 is 5.97 Å². The number of hydrogen-bond acceptors (Lipinski definition) is 6. The lowest BCUT2D eigenvalue weighted by atomic mass is 10.2. The number of nitrogens with one attached hydrogen (secondary N) is 2. The molecule has 0 bridgehead atoms. The molecule has 0 amide bonds. The molecule has 0 unspecified atom stereocenters. The zero-order valence-corrected chi connectivity index (χ0v) is 12.5. The predicted molar refractivity (Wildman–Crippen MR) is 86.2 cm³/mol. The van der Waals surface area contributed by atoms with E-state index in [1.807, 2.05) is 23.8 Å². The third-order valence-corrected chi connectivity index (χ3v) is 3.47. The lowest BCUT2D eigenvalue weighted by molar-refractivity contribution is 0.0697. The second-order valence-electron chi connectivity index (χ2n) is 4.99. The van der Waals surface area contributed by atoms with Crippen LogP contribution in [0.1, 0.15) is 22.0 Å².